The largest absolute Gasteiger partial charge is 0.312 e. The van der Waals surface area contributed by atoms with Crippen molar-refractivity contribution in [2.24, 2.45) is 7.05 Å². The Labute approximate surface area is 145 Å². The maximum Gasteiger partial charge on any atom is 0.261 e. The van der Waals surface area contributed by atoms with Crippen LogP contribution >= 0.6 is 0 Å². The number of aromatic nitrogens is 2. The molecule has 126 valence electrons. The second-order valence-electron chi connectivity index (χ2n) is 6.31. The lowest BCUT2D eigenvalue weighted by atomic mass is 9.97. The van der Waals surface area contributed by atoms with Crippen LogP contribution in [0, 0.1) is 0 Å². The molecular weight excluding hydrogens is 314 g/mol. The first kappa shape index (κ1) is 15.6. The van der Waals surface area contributed by atoms with Gasteiger partial charge in [0.1, 0.15) is 5.82 Å². The summed E-state index contributed by atoms with van der Waals surface area (Å²) in [5.74, 6) is 0.413. The van der Waals surface area contributed by atoms with E-state index in [1.165, 1.54) is 0 Å². The minimum absolute atomic E-state index is 0.0751. The molecule has 0 saturated carbocycles. The van der Waals surface area contributed by atoms with Crippen molar-refractivity contribution in [1.82, 2.24) is 9.55 Å². The number of amides is 1. The van der Waals surface area contributed by atoms with E-state index in [9.17, 15) is 9.59 Å². The van der Waals surface area contributed by atoms with Crippen LogP contribution in [0.3, 0.4) is 0 Å². The molecule has 1 aliphatic heterocycles. The highest BCUT2D eigenvalue weighted by Gasteiger charge is 2.36. The molecule has 0 N–H and O–H groups in total. The second kappa shape index (κ2) is 5.84. The minimum Gasteiger partial charge on any atom is -0.312 e. The van der Waals surface area contributed by atoms with Crippen molar-refractivity contribution in [3.8, 4) is 0 Å². The lowest BCUT2D eigenvalue weighted by Crippen LogP contribution is -2.30. The van der Waals surface area contributed by atoms with E-state index in [0.717, 1.165) is 11.3 Å². The number of rotatable bonds is 3. The summed E-state index contributed by atoms with van der Waals surface area (Å²) in [6.07, 6.45) is 0.420. The first-order chi connectivity index (χ1) is 12.1. The smallest absolute Gasteiger partial charge is 0.261 e. The molecule has 5 heteroatoms. The van der Waals surface area contributed by atoms with Crippen LogP contribution < -0.4 is 10.5 Å². The van der Waals surface area contributed by atoms with Gasteiger partial charge in [-0.05, 0) is 30.7 Å². The summed E-state index contributed by atoms with van der Waals surface area (Å²) in [4.78, 5) is 31.9. The third-order valence-corrected chi connectivity index (χ3v) is 4.95. The molecule has 0 radical (unpaired) electrons. The van der Waals surface area contributed by atoms with Gasteiger partial charge in [-0.1, -0.05) is 30.3 Å². The fraction of sp³-hybridized carbons (Fsp3) is 0.250. The molecule has 0 fully saturated rings. The standard InChI is InChI=1S/C20H19N3O2/c1-3-23-17-11-7-5-8-13(17)15(20(23)25)12-18-21-16-10-6-4-9-14(16)19(24)22(18)2/h4-11,15H,3,12H2,1-2H3/t15-/m0/s1. The second-order valence-corrected chi connectivity index (χ2v) is 6.31. The molecule has 3 aromatic rings. The molecule has 1 amide bonds. The molecule has 1 aliphatic rings. The van der Waals surface area contributed by atoms with Crippen molar-refractivity contribution in [3.63, 3.8) is 0 Å². The molecule has 2 heterocycles. The molecule has 1 aromatic heterocycles. The lowest BCUT2D eigenvalue weighted by Gasteiger charge is -2.16. The van der Waals surface area contributed by atoms with Gasteiger partial charge in [0.15, 0.2) is 0 Å². The lowest BCUT2D eigenvalue weighted by molar-refractivity contribution is -0.119. The number of likely N-dealkylation sites (N-methyl/N-ethyl adjacent to an activating group) is 1. The van der Waals surface area contributed by atoms with Gasteiger partial charge >= 0.3 is 0 Å². The first-order valence-electron chi connectivity index (χ1n) is 8.46. The summed E-state index contributed by atoms with van der Waals surface area (Å²) in [6.45, 7) is 2.61. The fourth-order valence-electron chi connectivity index (χ4n) is 3.62. The topological polar surface area (TPSA) is 55.2 Å². The predicted molar refractivity (Wildman–Crippen MR) is 97.9 cm³/mol. The third-order valence-electron chi connectivity index (χ3n) is 4.95. The monoisotopic (exact) mass is 333 g/mol. The molecule has 25 heavy (non-hydrogen) atoms. The summed E-state index contributed by atoms with van der Waals surface area (Å²) >= 11 is 0. The van der Waals surface area contributed by atoms with Crippen molar-refractivity contribution < 1.29 is 4.79 Å². The van der Waals surface area contributed by atoms with Crippen molar-refractivity contribution in [3.05, 3.63) is 70.3 Å². The highest BCUT2D eigenvalue weighted by atomic mass is 16.2. The summed E-state index contributed by atoms with van der Waals surface area (Å²) in [6, 6.07) is 15.2. The predicted octanol–water partition coefficient (Wildman–Crippen LogP) is 2.63. The Morgan fingerprint density at radius 1 is 1.04 bits per heavy atom. The van der Waals surface area contributed by atoms with E-state index in [2.05, 4.69) is 4.98 Å². The van der Waals surface area contributed by atoms with Gasteiger partial charge in [0.05, 0.1) is 16.8 Å². The number of anilines is 1. The Morgan fingerprint density at radius 2 is 1.76 bits per heavy atom. The van der Waals surface area contributed by atoms with E-state index in [1.54, 1.807) is 22.6 Å². The highest BCUT2D eigenvalue weighted by Crippen LogP contribution is 2.38. The number of fused-ring (bicyclic) bond motifs is 2. The summed E-state index contributed by atoms with van der Waals surface area (Å²) < 4.78 is 1.56. The van der Waals surface area contributed by atoms with Gasteiger partial charge in [-0.2, -0.15) is 0 Å². The molecule has 0 saturated heterocycles. The zero-order valence-corrected chi connectivity index (χ0v) is 14.3. The number of hydrogen-bond donors (Lipinski definition) is 0. The van der Waals surface area contributed by atoms with E-state index in [4.69, 9.17) is 0 Å². The van der Waals surface area contributed by atoms with Crippen LogP contribution in [0.1, 0.15) is 24.2 Å². The molecule has 0 spiro atoms. The van der Waals surface area contributed by atoms with Gasteiger partial charge in [0, 0.05) is 25.7 Å². The Kier molecular flexibility index (Phi) is 3.64. The van der Waals surface area contributed by atoms with Crippen molar-refractivity contribution >= 4 is 22.5 Å². The van der Waals surface area contributed by atoms with Crippen LogP contribution in [0.15, 0.2) is 53.3 Å². The van der Waals surface area contributed by atoms with Gasteiger partial charge in [-0.25, -0.2) is 4.98 Å². The number of carbonyl (C=O) groups excluding carboxylic acids is 1. The Morgan fingerprint density at radius 3 is 2.56 bits per heavy atom. The molecule has 4 rings (SSSR count). The summed E-state index contributed by atoms with van der Waals surface area (Å²) in [5.41, 5.74) is 2.57. The summed E-state index contributed by atoms with van der Waals surface area (Å²) in [5, 5.41) is 0.599. The van der Waals surface area contributed by atoms with Crippen molar-refractivity contribution in [1.29, 1.82) is 0 Å². The SMILES string of the molecule is CCN1C(=O)[C@@H](Cc2nc3ccccc3c(=O)n2C)c2ccccc21. The van der Waals surface area contributed by atoms with Crippen molar-refractivity contribution in [2.75, 3.05) is 11.4 Å². The van der Waals surface area contributed by atoms with Crippen LogP contribution in [-0.2, 0) is 18.3 Å². The third kappa shape index (κ3) is 2.35. The van der Waals surface area contributed by atoms with E-state index >= 15 is 0 Å². The molecule has 0 bridgehead atoms. The maximum absolute atomic E-state index is 12.9. The van der Waals surface area contributed by atoms with E-state index in [1.807, 2.05) is 49.4 Å². The van der Waals surface area contributed by atoms with E-state index in [0.29, 0.717) is 29.7 Å². The normalized spacial score (nSPS) is 16.5. The van der Waals surface area contributed by atoms with Gasteiger partial charge < -0.3 is 4.90 Å². The van der Waals surface area contributed by atoms with Gasteiger partial charge in [-0.3, -0.25) is 14.2 Å². The average molecular weight is 333 g/mol. The minimum atomic E-state index is -0.296. The Hall–Kier alpha value is -2.95. The van der Waals surface area contributed by atoms with E-state index < -0.39 is 0 Å². The highest BCUT2D eigenvalue weighted by molar-refractivity contribution is 6.05. The average Bonchev–Trinajstić information content (AvgIpc) is 2.91. The zero-order chi connectivity index (χ0) is 17.6. The first-order valence-corrected chi connectivity index (χ1v) is 8.46. The molecule has 5 nitrogen and oxygen atoms in total. The number of benzene rings is 2. The van der Waals surface area contributed by atoms with Crippen molar-refractivity contribution in [2.45, 2.75) is 19.3 Å². The van der Waals surface area contributed by atoms with E-state index in [-0.39, 0.29) is 17.4 Å². The van der Waals surface area contributed by atoms with Gasteiger partial charge in [0.25, 0.3) is 5.56 Å². The number of hydrogen-bond acceptors (Lipinski definition) is 3. The molecule has 0 unspecified atom stereocenters. The summed E-state index contributed by atoms with van der Waals surface area (Å²) in [7, 11) is 1.72. The van der Waals surface area contributed by atoms with Crippen LogP contribution in [-0.4, -0.2) is 22.0 Å². The number of carbonyl (C=O) groups is 1. The number of para-hydroxylation sites is 2. The number of nitrogens with zero attached hydrogens (tertiary/aromatic N) is 3. The molecule has 1 atom stereocenters. The maximum atomic E-state index is 12.9. The molecule has 2 aromatic carbocycles. The quantitative estimate of drug-likeness (QED) is 0.740. The van der Waals surface area contributed by atoms with Crippen LogP contribution in [0.4, 0.5) is 5.69 Å². The Bertz CT molecular complexity index is 1040. The fourth-order valence-corrected chi connectivity index (χ4v) is 3.62. The van der Waals surface area contributed by atoms with Gasteiger partial charge in [0.2, 0.25) is 5.91 Å². The zero-order valence-electron chi connectivity index (χ0n) is 14.3. The Balaban J connectivity index is 1.81. The molecular formula is C20H19N3O2. The van der Waals surface area contributed by atoms with Gasteiger partial charge in [-0.15, -0.1) is 0 Å². The van der Waals surface area contributed by atoms with Crippen LogP contribution in [0.25, 0.3) is 10.9 Å². The van der Waals surface area contributed by atoms with Crippen LogP contribution in [0.2, 0.25) is 0 Å². The molecule has 0 aliphatic carbocycles. The van der Waals surface area contributed by atoms with Crippen LogP contribution in [0.5, 0.6) is 0 Å².